The predicted molar refractivity (Wildman–Crippen MR) is 113 cm³/mol. The summed E-state index contributed by atoms with van der Waals surface area (Å²) < 4.78 is 5.38. The highest BCUT2D eigenvalue weighted by Crippen LogP contribution is 2.32. The molecule has 1 heterocycles. The van der Waals surface area contributed by atoms with Crippen molar-refractivity contribution >= 4 is 29.3 Å². The highest BCUT2D eigenvalue weighted by molar-refractivity contribution is 8.00. The fourth-order valence-electron chi connectivity index (χ4n) is 3.71. The Morgan fingerprint density at radius 3 is 2.82 bits per heavy atom. The molecule has 0 aliphatic heterocycles. The molecule has 8 heteroatoms. The number of amides is 1. The number of nitrogens with zero attached hydrogens (tertiary/aromatic N) is 3. The molecule has 28 heavy (non-hydrogen) atoms. The Hall–Kier alpha value is -1.73. The highest BCUT2D eigenvalue weighted by Gasteiger charge is 2.28. The summed E-state index contributed by atoms with van der Waals surface area (Å²) in [5, 5.41) is 8.09. The third-order valence-corrected chi connectivity index (χ3v) is 6.33. The first kappa shape index (κ1) is 21.0. The van der Waals surface area contributed by atoms with Crippen LogP contribution in [0, 0.1) is 0 Å². The molecule has 1 N–H and O–H groups in total. The maximum Gasteiger partial charge on any atom is 0.236 e. The molecule has 0 spiro atoms. The second-order valence-corrected chi connectivity index (χ2v) is 8.73. The number of hydrogen-bond donors (Lipinski definition) is 1. The van der Waals surface area contributed by atoms with Gasteiger partial charge in [0.15, 0.2) is 5.82 Å². The topological polar surface area (TPSA) is 71.1 Å². The van der Waals surface area contributed by atoms with E-state index in [9.17, 15) is 4.79 Å². The normalized spacial score (nSPS) is 16.0. The maximum atomic E-state index is 13.0. The van der Waals surface area contributed by atoms with Gasteiger partial charge in [-0.15, -0.1) is 5.10 Å². The van der Waals surface area contributed by atoms with Crippen molar-refractivity contribution in [1.29, 1.82) is 0 Å². The van der Waals surface area contributed by atoms with Crippen LogP contribution in [0.25, 0.3) is 11.4 Å². The van der Waals surface area contributed by atoms with Gasteiger partial charge in [0, 0.05) is 17.6 Å². The SMILES string of the molecule is CCN(C(=O)[C@@H](C)Sc1n[nH]c(-c2cc(Cl)ccc2OC)n1)C1CCCCC1. The molecule has 0 saturated heterocycles. The summed E-state index contributed by atoms with van der Waals surface area (Å²) in [7, 11) is 1.60. The quantitative estimate of drug-likeness (QED) is 0.649. The number of ether oxygens (including phenoxy) is 1. The summed E-state index contributed by atoms with van der Waals surface area (Å²) in [6, 6.07) is 5.71. The molecule has 1 aliphatic carbocycles. The first-order valence-corrected chi connectivity index (χ1v) is 11.0. The van der Waals surface area contributed by atoms with E-state index in [1.807, 2.05) is 11.8 Å². The van der Waals surface area contributed by atoms with Gasteiger partial charge in [0.2, 0.25) is 11.1 Å². The molecule has 1 aromatic heterocycles. The largest absolute Gasteiger partial charge is 0.496 e. The minimum atomic E-state index is -0.244. The Kier molecular flexibility index (Phi) is 7.24. The summed E-state index contributed by atoms with van der Waals surface area (Å²) in [5.74, 6) is 1.39. The second-order valence-electron chi connectivity index (χ2n) is 6.99. The van der Waals surface area contributed by atoms with E-state index in [-0.39, 0.29) is 11.2 Å². The molecule has 152 valence electrons. The van der Waals surface area contributed by atoms with E-state index in [0.717, 1.165) is 24.9 Å². The van der Waals surface area contributed by atoms with Crippen LogP contribution in [0.3, 0.4) is 0 Å². The third kappa shape index (κ3) is 4.81. The van der Waals surface area contributed by atoms with E-state index >= 15 is 0 Å². The van der Waals surface area contributed by atoms with Crippen molar-refractivity contribution in [3.63, 3.8) is 0 Å². The van der Waals surface area contributed by atoms with Gasteiger partial charge in [0.05, 0.1) is 17.9 Å². The van der Waals surface area contributed by atoms with Crippen LogP contribution in [-0.4, -0.2) is 50.9 Å². The van der Waals surface area contributed by atoms with Gasteiger partial charge in [0.25, 0.3) is 0 Å². The number of carbonyl (C=O) groups excluding carboxylic acids is 1. The van der Waals surface area contributed by atoms with Crippen molar-refractivity contribution in [2.75, 3.05) is 13.7 Å². The Balaban J connectivity index is 1.70. The van der Waals surface area contributed by atoms with E-state index < -0.39 is 0 Å². The van der Waals surface area contributed by atoms with Crippen molar-refractivity contribution in [3.05, 3.63) is 23.2 Å². The molecule has 0 bridgehead atoms. The van der Waals surface area contributed by atoms with Crippen LogP contribution < -0.4 is 4.74 Å². The number of rotatable bonds is 7. The lowest BCUT2D eigenvalue weighted by Crippen LogP contribution is -2.44. The van der Waals surface area contributed by atoms with E-state index in [0.29, 0.717) is 27.8 Å². The van der Waals surface area contributed by atoms with Gasteiger partial charge < -0.3 is 9.64 Å². The second kappa shape index (κ2) is 9.65. The van der Waals surface area contributed by atoms with Crippen LogP contribution in [0.2, 0.25) is 5.02 Å². The van der Waals surface area contributed by atoms with Crippen molar-refractivity contribution < 1.29 is 9.53 Å². The van der Waals surface area contributed by atoms with Crippen molar-refractivity contribution in [2.45, 2.75) is 62.4 Å². The summed E-state index contributed by atoms with van der Waals surface area (Å²) in [4.78, 5) is 19.6. The number of H-pyrrole nitrogens is 1. The van der Waals surface area contributed by atoms with Crippen LogP contribution in [0.15, 0.2) is 23.4 Å². The van der Waals surface area contributed by atoms with Crippen LogP contribution >= 0.6 is 23.4 Å². The molecule has 1 aliphatic rings. The van der Waals surface area contributed by atoms with E-state index in [1.54, 1.807) is 25.3 Å². The monoisotopic (exact) mass is 422 g/mol. The van der Waals surface area contributed by atoms with Gasteiger partial charge in [-0.2, -0.15) is 0 Å². The van der Waals surface area contributed by atoms with Gasteiger partial charge in [-0.05, 0) is 44.9 Å². The van der Waals surface area contributed by atoms with Crippen LogP contribution in [0.4, 0.5) is 0 Å². The first-order chi connectivity index (χ1) is 13.5. The summed E-state index contributed by atoms with van der Waals surface area (Å²) in [6.45, 7) is 4.72. The Morgan fingerprint density at radius 1 is 1.39 bits per heavy atom. The van der Waals surface area contributed by atoms with Crippen molar-refractivity contribution in [1.82, 2.24) is 20.1 Å². The Morgan fingerprint density at radius 2 is 2.14 bits per heavy atom. The molecule has 3 rings (SSSR count). The lowest BCUT2D eigenvalue weighted by Gasteiger charge is -2.35. The van der Waals surface area contributed by atoms with Gasteiger partial charge >= 0.3 is 0 Å². The Labute approximate surface area is 175 Å². The molecular weight excluding hydrogens is 396 g/mol. The molecule has 2 aromatic rings. The molecule has 1 saturated carbocycles. The number of hydrogen-bond acceptors (Lipinski definition) is 5. The average Bonchev–Trinajstić information content (AvgIpc) is 3.17. The van der Waals surface area contributed by atoms with E-state index in [1.165, 1.54) is 31.0 Å². The van der Waals surface area contributed by atoms with Crippen LogP contribution in [-0.2, 0) is 4.79 Å². The van der Waals surface area contributed by atoms with Crippen LogP contribution in [0.5, 0.6) is 5.75 Å². The summed E-state index contributed by atoms with van der Waals surface area (Å²) >= 11 is 7.48. The number of aromatic amines is 1. The molecule has 1 fully saturated rings. The zero-order valence-electron chi connectivity index (χ0n) is 16.6. The number of thioether (sulfide) groups is 1. The number of methoxy groups -OCH3 is 1. The molecule has 0 radical (unpaired) electrons. The van der Waals surface area contributed by atoms with Crippen LogP contribution in [0.1, 0.15) is 46.0 Å². The minimum Gasteiger partial charge on any atom is -0.496 e. The highest BCUT2D eigenvalue weighted by atomic mass is 35.5. The number of aromatic nitrogens is 3. The van der Waals surface area contributed by atoms with E-state index in [4.69, 9.17) is 16.3 Å². The number of benzene rings is 1. The van der Waals surface area contributed by atoms with Gasteiger partial charge in [-0.3, -0.25) is 9.89 Å². The molecule has 1 atom stereocenters. The standard InChI is InChI=1S/C20H27ClN4O2S/c1-4-25(15-8-6-5-7-9-15)19(26)13(2)28-20-22-18(23-24-20)16-12-14(21)10-11-17(16)27-3/h10-13,15H,4-9H2,1-3H3,(H,22,23,24)/t13-/m1/s1. The smallest absolute Gasteiger partial charge is 0.236 e. The zero-order chi connectivity index (χ0) is 20.1. The number of halogens is 1. The number of nitrogens with one attached hydrogen (secondary N) is 1. The summed E-state index contributed by atoms with van der Waals surface area (Å²) in [5.41, 5.74) is 0.741. The van der Waals surface area contributed by atoms with E-state index in [2.05, 4.69) is 22.1 Å². The molecule has 0 unspecified atom stereocenters. The lowest BCUT2D eigenvalue weighted by molar-refractivity contribution is -0.133. The van der Waals surface area contributed by atoms with Crippen molar-refractivity contribution in [2.24, 2.45) is 0 Å². The molecule has 6 nitrogen and oxygen atoms in total. The fraction of sp³-hybridized carbons (Fsp3) is 0.550. The summed E-state index contributed by atoms with van der Waals surface area (Å²) in [6.07, 6.45) is 5.91. The van der Waals surface area contributed by atoms with Gasteiger partial charge in [-0.25, -0.2) is 4.98 Å². The minimum absolute atomic E-state index is 0.158. The van der Waals surface area contributed by atoms with Gasteiger partial charge in [0.1, 0.15) is 5.75 Å². The third-order valence-electron chi connectivity index (χ3n) is 5.15. The average molecular weight is 423 g/mol. The fourth-order valence-corrected chi connectivity index (χ4v) is 4.68. The van der Waals surface area contributed by atoms with Crippen molar-refractivity contribution in [3.8, 4) is 17.1 Å². The van der Waals surface area contributed by atoms with Gasteiger partial charge in [-0.1, -0.05) is 42.6 Å². The Bertz CT molecular complexity index is 807. The zero-order valence-corrected chi connectivity index (χ0v) is 18.1. The molecule has 1 amide bonds. The first-order valence-electron chi connectivity index (χ1n) is 9.77. The molecule has 1 aromatic carbocycles. The maximum absolute atomic E-state index is 13.0. The molecular formula is C20H27ClN4O2S. The predicted octanol–water partition coefficient (Wildman–Crippen LogP) is 4.80. The lowest BCUT2D eigenvalue weighted by atomic mass is 9.94. The number of carbonyl (C=O) groups is 1.